The Balaban J connectivity index is 2.54. The van der Waals surface area contributed by atoms with Crippen LogP contribution in [0.5, 0.6) is 0 Å². The van der Waals surface area contributed by atoms with Crippen molar-refractivity contribution in [3.05, 3.63) is 38.1 Å². The Kier molecular flexibility index (Phi) is 3.28. The van der Waals surface area contributed by atoms with E-state index in [0.717, 1.165) is 10.0 Å². The van der Waals surface area contributed by atoms with Gasteiger partial charge in [0.2, 0.25) is 0 Å². The summed E-state index contributed by atoms with van der Waals surface area (Å²) in [5.74, 6) is -0.469. The van der Waals surface area contributed by atoms with E-state index in [4.69, 9.17) is 17.3 Å². The van der Waals surface area contributed by atoms with Crippen molar-refractivity contribution in [1.82, 2.24) is 4.98 Å². The van der Waals surface area contributed by atoms with Crippen molar-refractivity contribution in [3.63, 3.8) is 0 Å². The molecule has 1 amide bonds. The fraction of sp³-hybridized carbons (Fsp3) is 0. The second-order valence-corrected chi connectivity index (χ2v) is 5.14. The average molecular weight is 318 g/mol. The van der Waals surface area contributed by atoms with Gasteiger partial charge in [0, 0.05) is 10.0 Å². The molecule has 1 aromatic heterocycles. The van der Waals surface area contributed by atoms with E-state index in [1.807, 2.05) is 6.07 Å². The molecule has 6 heteroatoms. The van der Waals surface area contributed by atoms with Crippen molar-refractivity contribution in [3.8, 4) is 11.3 Å². The van der Waals surface area contributed by atoms with E-state index in [1.165, 1.54) is 11.3 Å². The van der Waals surface area contributed by atoms with Crippen LogP contribution in [0.25, 0.3) is 11.3 Å². The first-order chi connectivity index (χ1) is 7.59. The van der Waals surface area contributed by atoms with Gasteiger partial charge < -0.3 is 5.73 Å². The molecule has 0 spiro atoms. The third-order valence-corrected chi connectivity index (χ3v) is 4.04. The number of carbonyl (C=O) groups excluding carboxylic acids is 1. The summed E-state index contributed by atoms with van der Waals surface area (Å²) in [6, 6.07) is 5.35. The van der Waals surface area contributed by atoms with E-state index in [-0.39, 0.29) is 0 Å². The molecule has 0 bridgehead atoms. The quantitative estimate of drug-likeness (QED) is 0.923. The Labute approximate surface area is 109 Å². The maximum absolute atomic E-state index is 11.2. The number of rotatable bonds is 2. The van der Waals surface area contributed by atoms with E-state index in [2.05, 4.69) is 20.9 Å². The Morgan fingerprint density at radius 3 is 2.88 bits per heavy atom. The summed E-state index contributed by atoms with van der Waals surface area (Å²) in [5, 5.41) is 0.611. The third-order valence-electron chi connectivity index (χ3n) is 1.98. The topological polar surface area (TPSA) is 56.0 Å². The lowest BCUT2D eigenvalue weighted by Crippen LogP contribution is -2.10. The van der Waals surface area contributed by atoms with E-state index >= 15 is 0 Å². The van der Waals surface area contributed by atoms with Gasteiger partial charge >= 0.3 is 0 Å². The molecule has 0 saturated heterocycles. The lowest BCUT2D eigenvalue weighted by Gasteiger charge is -2.01. The van der Waals surface area contributed by atoms with Gasteiger partial charge in [-0.05, 0) is 28.1 Å². The number of benzene rings is 1. The minimum Gasteiger partial charge on any atom is -0.365 e. The Hall–Kier alpha value is -0.910. The van der Waals surface area contributed by atoms with E-state index in [9.17, 15) is 4.79 Å². The number of nitrogens with two attached hydrogens (primary N) is 1. The SMILES string of the molecule is NC(=O)c1scnc1-c1ccc(Cl)c(Br)c1. The van der Waals surface area contributed by atoms with Crippen molar-refractivity contribution in [2.75, 3.05) is 0 Å². The highest BCUT2D eigenvalue weighted by atomic mass is 79.9. The van der Waals surface area contributed by atoms with Gasteiger partial charge in [0.15, 0.2) is 0 Å². The van der Waals surface area contributed by atoms with Crippen LogP contribution < -0.4 is 5.73 Å². The molecule has 0 fully saturated rings. The van der Waals surface area contributed by atoms with Gasteiger partial charge in [-0.3, -0.25) is 4.79 Å². The number of halogens is 2. The summed E-state index contributed by atoms with van der Waals surface area (Å²) in [5.41, 5.74) is 8.26. The summed E-state index contributed by atoms with van der Waals surface area (Å²) < 4.78 is 0.759. The number of primary amides is 1. The van der Waals surface area contributed by atoms with Crippen molar-refractivity contribution in [1.29, 1.82) is 0 Å². The van der Waals surface area contributed by atoms with Gasteiger partial charge in [0.25, 0.3) is 5.91 Å². The number of nitrogens with zero attached hydrogens (tertiary/aromatic N) is 1. The number of amides is 1. The second kappa shape index (κ2) is 4.53. The zero-order valence-electron chi connectivity index (χ0n) is 7.91. The lowest BCUT2D eigenvalue weighted by molar-refractivity contribution is 0.100. The molecule has 0 aliphatic rings. The fourth-order valence-electron chi connectivity index (χ4n) is 1.27. The number of hydrogen-bond donors (Lipinski definition) is 1. The van der Waals surface area contributed by atoms with Crippen molar-refractivity contribution in [2.24, 2.45) is 5.73 Å². The molecule has 1 heterocycles. The van der Waals surface area contributed by atoms with Crippen LogP contribution in [0.4, 0.5) is 0 Å². The molecule has 2 aromatic rings. The zero-order valence-corrected chi connectivity index (χ0v) is 11.1. The zero-order chi connectivity index (χ0) is 11.7. The maximum atomic E-state index is 11.2. The van der Waals surface area contributed by atoms with Crippen LogP contribution in [0.15, 0.2) is 28.2 Å². The molecule has 1 aromatic carbocycles. The number of carbonyl (C=O) groups is 1. The third kappa shape index (κ3) is 2.11. The largest absolute Gasteiger partial charge is 0.365 e. The van der Waals surface area contributed by atoms with Gasteiger partial charge in [-0.15, -0.1) is 11.3 Å². The first-order valence-corrected chi connectivity index (χ1v) is 6.33. The Bertz CT molecular complexity index is 556. The Morgan fingerprint density at radius 1 is 1.50 bits per heavy atom. The minimum absolute atomic E-state index is 0.453. The molecule has 0 atom stereocenters. The van der Waals surface area contributed by atoms with Crippen LogP contribution >= 0.6 is 38.9 Å². The Morgan fingerprint density at radius 2 is 2.25 bits per heavy atom. The second-order valence-electron chi connectivity index (χ2n) is 3.02. The van der Waals surface area contributed by atoms with Gasteiger partial charge in [-0.2, -0.15) is 0 Å². The summed E-state index contributed by atoms with van der Waals surface area (Å²) in [7, 11) is 0. The summed E-state index contributed by atoms with van der Waals surface area (Å²) >= 11 is 10.4. The molecule has 0 aliphatic carbocycles. The molecule has 82 valence electrons. The van der Waals surface area contributed by atoms with E-state index in [1.54, 1.807) is 17.6 Å². The standard InChI is InChI=1S/C10H6BrClN2OS/c11-6-3-5(1-2-7(6)12)8-9(10(13)15)16-4-14-8/h1-4H,(H2,13,15). The normalized spacial score (nSPS) is 10.4. The number of aromatic nitrogens is 1. The monoisotopic (exact) mass is 316 g/mol. The fourth-order valence-corrected chi connectivity index (χ4v) is 2.43. The molecule has 0 unspecified atom stereocenters. The van der Waals surface area contributed by atoms with Crippen LogP contribution in [-0.2, 0) is 0 Å². The van der Waals surface area contributed by atoms with Crippen LogP contribution in [0.2, 0.25) is 5.02 Å². The lowest BCUT2D eigenvalue weighted by atomic mass is 10.1. The molecule has 2 N–H and O–H groups in total. The van der Waals surface area contributed by atoms with Crippen molar-refractivity contribution >= 4 is 44.8 Å². The van der Waals surface area contributed by atoms with Crippen LogP contribution in [0.3, 0.4) is 0 Å². The molecular weight excluding hydrogens is 312 g/mol. The van der Waals surface area contributed by atoms with Gasteiger partial charge in [0.1, 0.15) is 4.88 Å². The van der Waals surface area contributed by atoms with Crippen LogP contribution in [0, 0.1) is 0 Å². The van der Waals surface area contributed by atoms with Gasteiger partial charge in [0.05, 0.1) is 16.2 Å². The van der Waals surface area contributed by atoms with E-state index < -0.39 is 5.91 Å². The van der Waals surface area contributed by atoms with Crippen molar-refractivity contribution in [2.45, 2.75) is 0 Å². The van der Waals surface area contributed by atoms with Crippen LogP contribution in [-0.4, -0.2) is 10.9 Å². The first kappa shape index (κ1) is 11.6. The highest BCUT2D eigenvalue weighted by Crippen LogP contribution is 2.30. The molecule has 0 radical (unpaired) electrons. The molecular formula is C10H6BrClN2OS. The molecule has 3 nitrogen and oxygen atoms in total. The van der Waals surface area contributed by atoms with Gasteiger partial charge in [-0.1, -0.05) is 17.7 Å². The summed E-state index contributed by atoms with van der Waals surface area (Å²) in [6.45, 7) is 0. The summed E-state index contributed by atoms with van der Waals surface area (Å²) in [4.78, 5) is 15.7. The average Bonchev–Trinajstić information content (AvgIpc) is 2.71. The maximum Gasteiger partial charge on any atom is 0.261 e. The smallest absolute Gasteiger partial charge is 0.261 e. The molecule has 2 rings (SSSR count). The van der Waals surface area contributed by atoms with Crippen molar-refractivity contribution < 1.29 is 4.79 Å². The molecule has 16 heavy (non-hydrogen) atoms. The van der Waals surface area contributed by atoms with Gasteiger partial charge in [-0.25, -0.2) is 4.98 Å². The molecule has 0 aliphatic heterocycles. The molecule has 0 saturated carbocycles. The minimum atomic E-state index is -0.469. The first-order valence-electron chi connectivity index (χ1n) is 4.28. The predicted octanol–water partition coefficient (Wildman–Crippen LogP) is 3.32. The summed E-state index contributed by atoms with van der Waals surface area (Å²) in [6.07, 6.45) is 0. The number of hydrogen-bond acceptors (Lipinski definition) is 3. The number of thiazole rings is 1. The van der Waals surface area contributed by atoms with E-state index in [0.29, 0.717) is 15.6 Å². The highest BCUT2D eigenvalue weighted by molar-refractivity contribution is 9.10. The predicted molar refractivity (Wildman–Crippen MR) is 68.8 cm³/mol. The highest BCUT2D eigenvalue weighted by Gasteiger charge is 2.14. The van der Waals surface area contributed by atoms with Crippen LogP contribution in [0.1, 0.15) is 9.67 Å².